The van der Waals surface area contributed by atoms with Crippen molar-refractivity contribution in [1.29, 1.82) is 0 Å². The van der Waals surface area contributed by atoms with Gasteiger partial charge in [-0.15, -0.1) is 11.3 Å². The van der Waals surface area contributed by atoms with Gasteiger partial charge in [0.25, 0.3) is 11.8 Å². The van der Waals surface area contributed by atoms with E-state index in [1.807, 2.05) is 31.5 Å². The molecule has 37 heavy (non-hydrogen) atoms. The Morgan fingerprint density at radius 1 is 1.22 bits per heavy atom. The summed E-state index contributed by atoms with van der Waals surface area (Å²) in [6, 6.07) is 5.53. The normalized spacial score (nSPS) is 12.8. The van der Waals surface area contributed by atoms with Crippen LogP contribution >= 0.6 is 11.3 Å². The summed E-state index contributed by atoms with van der Waals surface area (Å²) in [6.07, 6.45) is 4.84. The number of nitrogens with one attached hydrogen (secondary N) is 2. The number of halogens is 1. The molecule has 1 aromatic carbocycles. The second-order valence-corrected chi connectivity index (χ2v) is 10.3. The lowest BCUT2D eigenvalue weighted by molar-refractivity contribution is -0.119. The fourth-order valence-corrected chi connectivity index (χ4v) is 4.28. The van der Waals surface area contributed by atoms with Gasteiger partial charge in [0.15, 0.2) is 10.9 Å². The molecular formula is C27H31FN4O4S. The number of ketones is 1. The number of amides is 2. The van der Waals surface area contributed by atoms with E-state index < -0.39 is 23.7 Å². The first-order valence-electron chi connectivity index (χ1n) is 11.7. The van der Waals surface area contributed by atoms with E-state index in [1.54, 1.807) is 36.7 Å². The number of ether oxygens (including phenoxy) is 1. The van der Waals surface area contributed by atoms with E-state index in [0.29, 0.717) is 22.0 Å². The van der Waals surface area contributed by atoms with Gasteiger partial charge in [-0.2, -0.15) is 0 Å². The van der Waals surface area contributed by atoms with Crippen LogP contribution in [0.25, 0.3) is 17.1 Å². The molecule has 0 aliphatic heterocycles. The minimum atomic E-state index is -0.949. The van der Waals surface area contributed by atoms with Crippen molar-refractivity contribution >= 4 is 39.9 Å². The number of anilines is 1. The standard InChI is InChI=1S/C27H31FN4O4S/c1-7-21(28)19-9-8-17(12-20(19)16(2)33)23-15-37-26(30-23)31-25(35)22(14-36-6)29-24(34)18-10-11-32(13-18)27(3,4)5/h7-13,15,22H,14H2,1-6H3,(H,29,34)(H,30,31,35)/b21-7+. The Morgan fingerprint density at radius 3 is 2.54 bits per heavy atom. The highest BCUT2D eigenvalue weighted by Crippen LogP contribution is 2.30. The molecule has 2 N–H and O–H groups in total. The zero-order valence-electron chi connectivity index (χ0n) is 21.7. The Labute approximate surface area is 219 Å². The zero-order valence-corrected chi connectivity index (χ0v) is 22.5. The molecule has 1 unspecified atom stereocenters. The fraction of sp³-hybridized carbons (Fsp3) is 0.333. The van der Waals surface area contributed by atoms with Crippen LogP contribution in [0.5, 0.6) is 0 Å². The fourth-order valence-electron chi connectivity index (χ4n) is 3.55. The molecule has 10 heteroatoms. The zero-order chi connectivity index (χ0) is 27.3. The van der Waals surface area contributed by atoms with Gasteiger partial charge in [-0.3, -0.25) is 14.4 Å². The van der Waals surface area contributed by atoms with E-state index in [4.69, 9.17) is 4.74 Å². The van der Waals surface area contributed by atoms with Gasteiger partial charge in [-0.05, 0) is 46.8 Å². The molecular weight excluding hydrogens is 495 g/mol. The van der Waals surface area contributed by atoms with E-state index in [1.165, 1.54) is 37.5 Å². The molecule has 0 saturated heterocycles. The van der Waals surface area contributed by atoms with Crippen LogP contribution in [0.15, 0.2) is 48.1 Å². The minimum absolute atomic E-state index is 0.0320. The summed E-state index contributed by atoms with van der Waals surface area (Å²) in [6.45, 7) is 8.97. The predicted molar refractivity (Wildman–Crippen MR) is 144 cm³/mol. The van der Waals surface area contributed by atoms with Gasteiger partial charge in [-0.25, -0.2) is 9.37 Å². The van der Waals surface area contributed by atoms with Crippen LogP contribution in [0, 0.1) is 0 Å². The summed E-state index contributed by atoms with van der Waals surface area (Å²) in [7, 11) is 1.44. The summed E-state index contributed by atoms with van der Waals surface area (Å²) >= 11 is 1.19. The third-order valence-electron chi connectivity index (χ3n) is 5.62. The highest BCUT2D eigenvalue weighted by Gasteiger charge is 2.24. The van der Waals surface area contributed by atoms with Gasteiger partial charge in [-0.1, -0.05) is 18.2 Å². The lowest BCUT2D eigenvalue weighted by Gasteiger charge is -2.21. The quantitative estimate of drug-likeness (QED) is 0.369. The molecule has 3 rings (SSSR count). The van der Waals surface area contributed by atoms with Crippen LogP contribution in [-0.4, -0.2) is 46.9 Å². The van der Waals surface area contributed by atoms with Crippen LogP contribution in [0.3, 0.4) is 0 Å². The van der Waals surface area contributed by atoms with Crippen molar-refractivity contribution in [2.75, 3.05) is 19.0 Å². The molecule has 2 aromatic heterocycles. The molecule has 3 aromatic rings. The van der Waals surface area contributed by atoms with Gasteiger partial charge in [0, 0.05) is 47.1 Å². The average Bonchev–Trinajstić information content (AvgIpc) is 3.53. The number of hydrogen-bond acceptors (Lipinski definition) is 6. The molecule has 2 amide bonds. The maximum Gasteiger partial charge on any atom is 0.253 e. The maximum absolute atomic E-state index is 14.2. The van der Waals surface area contributed by atoms with E-state index in [2.05, 4.69) is 15.6 Å². The van der Waals surface area contributed by atoms with Gasteiger partial charge in [0.2, 0.25) is 0 Å². The van der Waals surface area contributed by atoms with Crippen LogP contribution in [-0.2, 0) is 15.1 Å². The van der Waals surface area contributed by atoms with Gasteiger partial charge < -0.3 is 19.9 Å². The summed E-state index contributed by atoms with van der Waals surface area (Å²) in [5, 5.41) is 7.45. The Kier molecular flexibility index (Phi) is 8.77. The van der Waals surface area contributed by atoms with Crippen LogP contribution < -0.4 is 10.6 Å². The SMILES string of the molecule is C/C=C(/F)c1ccc(-c2csc(NC(=O)C(COC)NC(=O)c3ccn(C(C)(C)C)c3)n2)cc1C(C)=O. The topological polar surface area (TPSA) is 102 Å². The van der Waals surface area contributed by atoms with Gasteiger partial charge in [0.1, 0.15) is 11.9 Å². The number of carbonyl (C=O) groups excluding carboxylic acids is 3. The van der Waals surface area contributed by atoms with Crippen molar-refractivity contribution < 1.29 is 23.5 Å². The number of carbonyl (C=O) groups is 3. The number of rotatable bonds is 9. The predicted octanol–water partition coefficient (Wildman–Crippen LogP) is 5.28. The molecule has 8 nitrogen and oxygen atoms in total. The first kappa shape index (κ1) is 27.9. The van der Waals surface area contributed by atoms with Crippen molar-refractivity contribution in [3.8, 4) is 11.3 Å². The number of methoxy groups -OCH3 is 1. The smallest absolute Gasteiger partial charge is 0.253 e. The highest BCUT2D eigenvalue weighted by molar-refractivity contribution is 7.14. The number of thiazole rings is 1. The molecule has 2 heterocycles. The van der Waals surface area contributed by atoms with E-state index >= 15 is 0 Å². The minimum Gasteiger partial charge on any atom is -0.382 e. The van der Waals surface area contributed by atoms with Crippen molar-refractivity contribution in [2.24, 2.45) is 0 Å². The molecule has 1 atom stereocenters. The largest absolute Gasteiger partial charge is 0.382 e. The Morgan fingerprint density at radius 2 is 1.95 bits per heavy atom. The average molecular weight is 527 g/mol. The third-order valence-corrected chi connectivity index (χ3v) is 6.38. The Balaban J connectivity index is 1.75. The van der Waals surface area contributed by atoms with E-state index in [-0.39, 0.29) is 29.1 Å². The Hall–Kier alpha value is -3.63. The molecule has 0 fully saturated rings. The maximum atomic E-state index is 14.2. The first-order chi connectivity index (χ1) is 17.4. The lowest BCUT2D eigenvalue weighted by Crippen LogP contribution is -2.46. The third kappa shape index (κ3) is 6.78. The van der Waals surface area contributed by atoms with Gasteiger partial charge >= 0.3 is 0 Å². The van der Waals surface area contributed by atoms with Crippen molar-refractivity contribution in [3.63, 3.8) is 0 Å². The van der Waals surface area contributed by atoms with E-state index in [0.717, 1.165) is 0 Å². The van der Waals surface area contributed by atoms with Crippen LogP contribution in [0.1, 0.15) is 60.9 Å². The number of nitrogens with zero attached hydrogens (tertiary/aromatic N) is 2. The highest BCUT2D eigenvalue weighted by atomic mass is 32.1. The van der Waals surface area contributed by atoms with Crippen LogP contribution in [0.2, 0.25) is 0 Å². The van der Waals surface area contributed by atoms with Crippen molar-refractivity contribution in [3.05, 3.63) is 64.8 Å². The number of Topliss-reactive ketones (excluding diaryl/α,β-unsaturated/α-hetero) is 1. The van der Waals surface area contributed by atoms with E-state index in [9.17, 15) is 18.8 Å². The van der Waals surface area contributed by atoms with Gasteiger partial charge in [0.05, 0.1) is 17.9 Å². The second-order valence-electron chi connectivity index (χ2n) is 9.44. The first-order valence-corrected chi connectivity index (χ1v) is 12.5. The van der Waals surface area contributed by atoms with Crippen molar-refractivity contribution in [2.45, 2.75) is 46.2 Å². The summed E-state index contributed by atoms with van der Waals surface area (Å²) in [5.74, 6) is -1.63. The summed E-state index contributed by atoms with van der Waals surface area (Å²) < 4.78 is 21.2. The number of benzene rings is 1. The van der Waals surface area contributed by atoms with Crippen LogP contribution in [0.4, 0.5) is 9.52 Å². The Bertz CT molecular complexity index is 1340. The second kappa shape index (κ2) is 11.6. The monoisotopic (exact) mass is 526 g/mol. The molecule has 0 aliphatic carbocycles. The summed E-state index contributed by atoms with van der Waals surface area (Å²) in [5.41, 5.74) is 1.84. The molecule has 196 valence electrons. The molecule has 0 spiro atoms. The molecule has 0 radical (unpaired) electrons. The molecule has 0 saturated carbocycles. The number of allylic oxidation sites excluding steroid dienone is 1. The molecule has 0 aliphatic rings. The lowest BCUT2D eigenvalue weighted by atomic mass is 9.99. The number of hydrogen-bond donors (Lipinski definition) is 2. The summed E-state index contributed by atoms with van der Waals surface area (Å²) in [4.78, 5) is 42.2. The number of aromatic nitrogens is 2. The van der Waals surface area contributed by atoms with Crippen molar-refractivity contribution in [1.82, 2.24) is 14.9 Å². The molecule has 0 bridgehead atoms.